The fraction of sp³-hybridized carbons (Fsp3) is 0.632. The molecule has 1 fully saturated rings. The SMILES string of the molecule is CC(C)(O)c1ccc2c(c1)C(=O)C[C@H]1[C@@](C)(O)CCC[C@]21C. The van der Waals surface area contributed by atoms with Gasteiger partial charge in [-0.25, -0.2) is 0 Å². The van der Waals surface area contributed by atoms with Crippen molar-refractivity contribution in [1.82, 2.24) is 0 Å². The number of aliphatic hydroxyl groups is 2. The van der Waals surface area contributed by atoms with Gasteiger partial charge in [0.2, 0.25) is 0 Å². The molecule has 0 bridgehead atoms. The van der Waals surface area contributed by atoms with Crippen molar-refractivity contribution in [3.8, 4) is 0 Å². The van der Waals surface area contributed by atoms with Gasteiger partial charge in [-0.3, -0.25) is 4.79 Å². The minimum atomic E-state index is -0.953. The molecule has 1 aromatic carbocycles. The van der Waals surface area contributed by atoms with Gasteiger partial charge < -0.3 is 10.2 Å². The Bertz CT molecular complexity index is 624. The Hall–Kier alpha value is -1.19. The number of benzene rings is 1. The van der Waals surface area contributed by atoms with E-state index in [1.807, 2.05) is 25.1 Å². The van der Waals surface area contributed by atoms with Crippen molar-refractivity contribution < 1.29 is 15.0 Å². The second kappa shape index (κ2) is 4.65. The third-order valence-corrected chi connectivity index (χ3v) is 5.93. The summed E-state index contributed by atoms with van der Waals surface area (Å²) in [4.78, 5) is 12.7. The first-order valence-electron chi connectivity index (χ1n) is 8.19. The third-order valence-electron chi connectivity index (χ3n) is 5.93. The second-order valence-corrected chi connectivity index (χ2v) is 8.13. The zero-order valence-corrected chi connectivity index (χ0v) is 13.9. The quantitative estimate of drug-likeness (QED) is 0.837. The molecule has 0 unspecified atom stereocenters. The van der Waals surface area contributed by atoms with Crippen molar-refractivity contribution in [3.05, 3.63) is 34.9 Å². The summed E-state index contributed by atoms with van der Waals surface area (Å²) in [6.07, 6.45) is 3.13. The van der Waals surface area contributed by atoms with Crippen molar-refractivity contribution in [2.75, 3.05) is 0 Å². The van der Waals surface area contributed by atoms with Crippen LogP contribution in [0.5, 0.6) is 0 Å². The largest absolute Gasteiger partial charge is 0.390 e. The highest BCUT2D eigenvalue weighted by Gasteiger charge is 2.53. The zero-order chi connectivity index (χ0) is 16.3. The van der Waals surface area contributed by atoms with E-state index in [0.29, 0.717) is 6.42 Å². The maximum atomic E-state index is 12.7. The van der Waals surface area contributed by atoms with Gasteiger partial charge in [0.15, 0.2) is 5.78 Å². The summed E-state index contributed by atoms with van der Waals surface area (Å²) >= 11 is 0. The van der Waals surface area contributed by atoms with E-state index in [0.717, 1.165) is 36.0 Å². The van der Waals surface area contributed by atoms with Crippen molar-refractivity contribution in [2.24, 2.45) is 5.92 Å². The lowest BCUT2D eigenvalue weighted by atomic mass is 9.53. The lowest BCUT2D eigenvalue weighted by Gasteiger charge is -2.52. The molecule has 1 aromatic rings. The number of hydrogen-bond donors (Lipinski definition) is 2. The van der Waals surface area contributed by atoms with E-state index < -0.39 is 11.2 Å². The highest BCUT2D eigenvalue weighted by molar-refractivity contribution is 5.99. The minimum Gasteiger partial charge on any atom is -0.390 e. The standard InChI is InChI=1S/C19H26O3/c1-17(2,21)12-6-7-14-13(10-12)15(20)11-16-18(14,3)8-5-9-19(16,4)22/h6-7,10,16,21-22H,5,8-9,11H2,1-4H3/t16-,18-,19+/m1/s1. The Morgan fingerprint density at radius 2 is 1.91 bits per heavy atom. The van der Waals surface area contributed by atoms with E-state index >= 15 is 0 Å². The first-order chi connectivity index (χ1) is 10.1. The second-order valence-electron chi connectivity index (χ2n) is 8.13. The number of fused-ring (bicyclic) bond motifs is 3. The molecule has 2 aliphatic carbocycles. The van der Waals surface area contributed by atoms with Crippen LogP contribution in [0.4, 0.5) is 0 Å². The first kappa shape index (κ1) is 15.7. The van der Waals surface area contributed by atoms with Gasteiger partial charge in [-0.2, -0.15) is 0 Å². The van der Waals surface area contributed by atoms with Crippen molar-refractivity contribution >= 4 is 5.78 Å². The normalized spacial score (nSPS) is 35.0. The van der Waals surface area contributed by atoms with Crippen molar-refractivity contribution in [2.45, 2.75) is 70.0 Å². The van der Waals surface area contributed by atoms with Crippen LogP contribution in [0.3, 0.4) is 0 Å². The summed E-state index contributed by atoms with van der Waals surface area (Å²) in [5, 5.41) is 21.0. The zero-order valence-electron chi connectivity index (χ0n) is 13.9. The van der Waals surface area contributed by atoms with E-state index in [2.05, 4.69) is 6.92 Å². The average molecular weight is 302 g/mol. The number of Topliss-reactive ketones (excluding diaryl/α,β-unsaturated/α-hetero) is 1. The van der Waals surface area contributed by atoms with Gasteiger partial charge in [-0.1, -0.05) is 19.1 Å². The molecule has 0 heterocycles. The van der Waals surface area contributed by atoms with Gasteiger partial charge in [-0.05, 0) is 62.6 Å². The maximum absolute atomic E-state index is 12.7. The molecule has 0 amide bonds. The molecule has 3 heteroatoms. The van der Waals surface area contributed by atoms with Crippen LogP contribution in [0.25, 0.3) is 0 Å². The molecule has 0 radical (unpaired) electrons. The van der Waals surface area contributed by atoms with Gasteiger partial charge in [0, 0.05) is 17.9 Å². The van der Waals surface area contributed by atoms with Crippen molar-refractivity contribution in [3.63, 3.8) is 0 Å². The fourth-order valence-electron chi connectivity index (χ4n) is 4.56. The van der Waals surface area contributed by atoms with E-state index in [9.17, 15) is 15.0 Å². The Kier molecular flexibility index (Phi) is 3.32. The van der Waals surface area contributed by atoms with Crippen LogP contribution in [0.1, 0.15) is 74.9 Å². The maximum Gasteiger partial charge on any atom is 0.163 e. The predicted octanol–water partition coefficient (Wildman–Crippen LogP) is 3.31. The monoisotopic (exact) mass is 302 g/mol. The van der Waals surface area contributed by atoms with Gasteiger partial charge in [0.1, 0.15) is 0 Å². The lowest BCUT2D eigenvalue weighted by Crippen LogP contribution is -2.54. The molecule has 3 rings (SSSR count). The van der Waals surface area contributed by atoms with E-state index in [-0.39, 0.29) is 17.1 Å². The van der Waals surface area contributed by atoms with Gasteiger partial charge in [0.05, 0.1) is 11.2 Å². The molecular formula is C19H26O3. The number of rotatable bonds is 1. The Balaban J connectivity index is 2.15. The average Bonchev–Trinajstić information content (AvgIpc) is 2.40. The summed E-state index contributed by atoms with van der Waals surface area (Å²) in [5.74, 6) is 0.0625. The molecule has 1 saturated carbocycles. The van der Waals surface area contributed by atoms with Crippen LogP contribution < -0.4 is 0 Å². The van der Waals surface area contributed by atoms with Gasteiger partial charge in [0.25, 0.3) is 0 Å². The van der Waals surface area contributed by atoms with E-state index in [1.165, 1.54) is 0 Å². The van der Waals surface area contributed by atoms with Crippen LogP contribution in [0.15, 0.2) is 18.2 Å². The summed E-state index contributed by atoms with van der Waals surface area (Å²) < 4.78 is 0. The molecule has 0 aromatic heterocycles. The van der Waals surface area contributed by atoms with E-state index in [4.69, 9.17) is 0 Å². The molecule has 0 aliphatic heterocycles. The summed E-state index contributed by atoms with van der Waals surface area (Å²) in [6, 6.07) is 5.76. The van der Waals surface area contributed by atoms with Gasteiger partial charge in [-0.15, -0.1) is 0 Å². The fourth-order valence-corrected chi connectivity index (χ4v) is 4.56. The highest BCUT2D eigenvalue weighted by atomic mass is 16.3. The number of carbonyl (C=O) groups is 1. The molecule has 0 saturated heterocycles. The number of carbonyl (C=O) groups excluding carboxylic acids is 1. The molecule has 2 N–H and O–H groups in total. The lowest BCUT2D eigenvalue weighted by molar-refractivity contribution is -0.0703. The molecule has 0 spiro atoms. The highest BCUT2D eigenvalue weighted by Crippen LogP contribution is 2.53. The van der Waals surface area contributed by atoms with Crippen LogP contribution in [-0.2, 0) is 11.0 Å². The smallest absolute Gasteiger partial charge is 0.163 e. The summed E-state index contributed by atoms with van der Waals surface area (Å²) in [7, 11) is 0. The Labute approximate surface area is 132 Å². The molecule has 120 valence electrons. The third kappa shape index (κ3) is 2.22. The van der Waals surface area contributed by atoms with Crippen LogP contribution in [0, 0.1) is 5.92 Å². The van der Waals surface area contributed by atoms with Gasteiger partial charge >= 0.3 is 0 Å². The molecule has 3 atom stereocenters. The van der Waals surface area contributed by atoms with Crippen molar-refractivity contribution in [1.29, 1.82) is 0 Å². The van der Waals surface area contributed by atoms with Crippen LogP contribution in [0.2, 0.25) is 0 Å². The Morgan fingerprint density at radius 3 is 2.55 bits per heavy atom. The molecular weight excluding hydrogens is 276 g/mol. The van der Waals surface area contributed by atoms with E-state index in [1.54, 1.807) is 13.8 Å². The van der Waals surface area contributed by atoms with Crippen LogP contribution in [-0.4, -0.2) is 21.6 Å². The summed E-state index contributed by atoms with van der Waals surface area (Å²) in [6.45, 7) is 7.52. The number of hydrogen-bond acceptors (Lipinski definition) is 3. The predicted molar refractivity (Wildman–Crippen MR) is 86.0 cm³/mol. The topological polar surface area (TPSA) is 57.5 Å². The molecule has 22 heavy (non-hydrogen) atoms. The first-order valence-corrected chi connectivity index (χ1v) is 8.19. The molecule has 3 nitrogen and oxygen atoms in total. The molecule has 2 aliphatic rings. The Morgan fingerprint density at radius 1 is 1.23 bits per heavy atom. The minimum absolute atomic E-state index is 0.0262. The summed E-state index contributed by atoms with van der Waals surface area (Å²) in [5.41, 5.74) is 0.644. The number of ketones is 1. The van der Waals surface area contributed by atoms with Crippen LogP contribution >= 0.6 is 0 Å².